The standard InChI is InChI=1S/C26H24N4O3S/c1-17(18-7-9-19(10-8-18)25(31)29-23-6-4-3-5-22(23)27)34-26-28-16-15-24(30-26)33-21-13-11-20(32-2)12-14-21/h3-17H,27H2,1-2H3,(H,29,31). The minimum Gasteiger partial charge on any atom is -0.497 e. The fraction of sp³-hybridized carbons (Fsp3) is 0.115. The summed E-state index contributed by atoms with van der Waals surface area (Å²) in [6.45, 7) is 2.06. The molecule has 0 fully saturated rings. The highest BCUT2D eigenvalue weighted by Crippen LogP contribution is 2.34. The van der Waals surface area contributed by atoms with E-state index in [1.807, 2.05) is 48.5 Å². The summed E-state index contributed by atoms with van der Waals surface area (Å²) in [4.78, 5) is 21.4. The normalized spacial score (nSPS) is 11.5. The van der Waals surface area contributed by atoms with Crippen LogP contribution in [0.4, 0.5) is 11.4 Å². The maximum atomic E-state index is 12.5. The molecule has 0 aliphatic carbocycles. The number of amides is 1. The monoisotopic (exact) mass is 472 g/mol. The van der Waals surface area contributed by atoms with Gasteiger partial charge in [0.25, 0.3) is 5.91 Å². The number of nitrogens with two attached hydrogens (primary N) is 1. The lowest BCUT2D eigenvalue weighted by molar-refractivity contribution is 0.102. The highest BCUT2D eigenvalue weighted by molar-refractivity contribution is 7.99. The van der Waals surface area contributed by atoms with Crippen molar-refractivity contribution in [2.24, 2.45) is 0 Å². The molecule has 0 aliphatic heterocycles. The molecule has 8 heteroatoms. The Morgan fingerprint density at radius 1 is 0.971 bits per heavy atom. The Hall–Kier alpha value is -4.04. The van der Waals surface area contributed by atoms with Gasteiger partial charge >= 0.3 is 0 Å². The number of rotatable bonds is 8. The number of aromatic nitrogens is 2. The molecule has 1 amide bonds. The second kappa shape index (κ2) is 10.7. The topological polar surface area (TPSA) is 99.4 Å². The molecule has 7 nitrogen and oxygen atoms in total. The third-order valence-corrected chi connectivity index (χ3v) is 6.06. The van der Waals surface area contributed by atoms with Crippen LogP contribution in [-0.4, -0.2) is 23.0 Å². The highest BCUT2D eigenvalue weighted by Gasteiger charge is 2.13. The van der Waals surface area contributed by atoms with Crippen LogP contribution in [0.15, 0.2) is 90.2 Å². The smallest absolute Gasteiger partial charge is 0.255 e. The Kier molecular flexibility index (Phi) is 7.29. The summed E-state index contributed by atoms with van der Waals surface area (Å²) in [5.41, 5.74) is 8.62. The predicted octanol–water partition coefficient (Wildman–Crippen LogP) is 5.97. The molecule has 0 spiro atoms. The number of anilines is 2. The van der Waals surface area contributed by atoms with Crippen LogP contribution in [0.3, 0.4) is 0 Å². The Morgan fingerprint density at radius 2 is 1.68 bits per heavy atom. The quantitative estimate of drug-likeness (QED) is 0.185. The first-order chi connectivity index (χ1) is 16.5. The van der Waals surface area contributed by atoms with Crippen molar-refractivity contribution in [2.45, 2.75) is 17.3 Å². The van der Waals surface area contributed by atoms with Gasteiger partial charge in [0.15, 0.2) is 5.16 Å². The molecule has 4 rings (SSSR count). The zero-order valence-corrected chi connectivity index (χ0v) is 19.6. The Bertz CT molecular complexity index is 1260. The van der Waals surface area contributed by atoms with Gasteiger partial charge in [0.05, 0.1) is 18.5 Å². The molecule has 0 saturated heterocycles. The van der Waals surface area contributed by atoms with Crippen LogP contribution in [0.1, 0.15) is 28.1 Å². The van der Waals surface area contributed by atoms with E-state index in [1.54, 1.807) is 43.6 Å². The fourth-order valence-electron chi connectivity index (χ4n) is 3.14. The number of nitrogens with zero attached hydrogens (tertiary/aromatic N) is 2. The van der Waals surface area contributed by atoms with Crippen LogP contribution in [0.25, 0.3) is 0 Å². The fourth-order valence-corrected chi connectivity index (χ4v) is 4.01. The minimum atomic E-state index is -0.212. The average Bonchev–Trinajstić information content (AvgIpc) is 2.86. The van der Waals surface area contributed by atoms with Crippen molar-refractivity contribution in [1.29, 1.82) is 0 Å². The molecular formula is C26H24N4O3S. The summed E-state index contributed by atoms with van der Waals surface area (Å²) in [6, 6.07) is 23.6. The van der Waals surface area contributed by atoms with Gasteiger partial charge in [-0.2, -0.15) is 4.98 Å². The van der Waals surface area contributed by atoms with E-state index < -0.39 is 0 Å². The largest absolute Gasteiger partial charge is 0.497 e. The molecule has 3 N–H and O–H groups in total. The first kappa shape index (κ1) is 23.1. The zero-order chi connectivity index (χ0) is 23.9. The minimum absolute atomic E-state index is 0.0677. The third-order valence-electron chi connectivity index (χ3n) is 5.02. The van der Waals surface area contributed by atoms with Crippen LogP contribution in [0.5, 0.6) is 17.4 Å². The third kappa shape index (κ3) is 5.85. The number of carbonyl (C=O) groups excluding carboxylic acids is 1. The van der Waals surface area contributed by atoms with Gasteiger partial charge < -0.3 is 20.5 Å². The molecule has 1 heterocycles. The van der Waals surface area contributed by atoms with Crippen molar-refractivity contribution in [3.63, 3.8) is 0 Å². The molecule has 1 aromatic heterocycles. The summed E-state index contributed by atoms with van der Waals surface area (Å²) in [5, 5.41) is 3.50. The van der Waals surface area contributed by atoms with Gasteiger partial charge in [-0.15, -0.1) is 0 Å². The first-order valence-corrected chi connectivity index (χ1v) is 11.5. The molecular weight excluding hydrogens is 448 g/mol. The number of para-hydroxylation sites is 2. The van der Waals surface area contributed by atoms with Crippen molar-refractivity contribution >= 4 is 29.0 Å². The van der Waals surface area contributed by atoms with Crippen LogP contribution in [0, 0.1) is 0 Å². The molecule has 34 heavy (non-hydrogen) atoms. The number of benzene rings is 3. The lowest BCUT2D eigenvalue weighted by atomic mass is 10.1. The number of hydrogen-bond acceptors (Lipinski definition) is 7. The van der Waals surface area contributed by atoms with E-state index in [0.29, 0.717) is 33.7 Å². The Labute approximate surface area is 202 Å². The summed E-state index contributed by atoms with van der Waals surface area (Å²) < 4.78 is 11.0. The maximum Gasteiger partial charge on any atom is 0.255 e. The van der Waals surface area contributed by atoms with Gasteiger partial charge in [-0.1, -0.05) is 36.0 Å². The number of methoxy groups -OCH3 is 1. The average molecular weight is 473 g/mol. The highest BCUT2D eigenvalue weighted by atomic mass is 32.2. The Balaban J connectivity index is 1.38. The predicted molar refractivity (Wildman–Crippen MR) is 135 cm³/mol. The van der Waals surface area contributed by atoms with Crippen molar-refractivity contribution in [1.82, 2.24) is 9.97 Å². The number of nitrogens with one attached hydrogen (secondary N) is 1. The first-order valence-electron chi connectivity index (χ1n) is 10.6. The molecule has 0 radical (unpaired) electrons. The van der Waals surface area contributed by atoms with Crippen molar-refractivity contribution in [2.75, 3.05) is 18.2 Å². The van der Waals surface area contributed by atoms with Gasteiger partial charge in [0, 0.05) is 23.1 Å². The molecule has 3 aromatic carbocycles. The van der Waals surface area contributed by atoms with E-state index in [9.17, 15) is 4.79 Å². The number of thioether (sulfide) groups is 1. The number of nitrogen functional groups attached to an aromatic ring is 1. The summed E-state index contributed by atoms with van der Waals surface area (Å²) in [6.07, 6.45) is 1.67. The Morgan fingerprint density at radius 3 is 2.38 bits per heavy atom. The van der Waals surface area contributed by atoms with E-state index >= 15 is 0 Å². The molecule has 0 saturated carbocycles. The van der Waals surface area contributed by atoms with Gasteiger partial charge in [0.1, 0.15) is 11.5 Å². The van der Waals surface area contributed by atoms with Crippen molar-refractivity contribution in [3.8, 4) is 17.4 Å². The van der Waals surface area contributed by atoms with E-state index in [1.165, 1.54) is 11.8 Å². The second-order valence-electron chi connectivity index (χ2n) is 7.38. The number of carbonyl (C=O) groups is 1. The summed E-state index contributed by atoms with van der Waals surface area (Å²) >= 11 is 1.51. The molecule has 0 bridgehead atoms. The number of ether oxygens (including phenoxy) is 2. The second-order valence-corrected chi connectivity index (χ2v) is 8.69. The van der Waals surface area contributed by atoms with E-state index in [2.05, 4.69) is 22.2 Å². The molecule has 0 aliphatic rings. The van der Waals surface area contributed by atoms with E-state index in [0.717, 1.165) is 11.3 Å². The lowest BCUT2D eigenvalue weighted by Gasteiger charge is -2.12. The van der Waals surface area contributed by atoms with Gasteiger partial charge in [0.2, 0.25) is 5.88 Å². The summed E-state index contributed by atoms with van der Waals surface area (Å²) in [7, 11) is 1.62. The molecule has 4 aromatic rings. The van der Waals surface area contributed by atoms with Gasteiger partial charge in [-0.3, -0.25) is 4.79 Å². The van der Waals surface area contributed by atoms with Crippen LogP contribution in [0.2, 0.25) is 0 Å². The summed E-state index contributed by atoms with van der Waals surface area (Å²) in [5.74, 6) is 1.67. The SMILES string of the molecule is COc1ccc(Oc2ccnc(SC(C)c3ccc(C(=O)Nc4ccccc4N)cc3)n2)cc1. The van der Waals surface area contributed by atoms with Crippen LogP contribution in [-0.2, 0) is 0 Å². The maximum absolute atomic E-state index is 12.5. The molecule has 172 valence electrons. The van der Waals surface area contributed by atoms with Crippen LogP contribution >= 0.6 is 11.8 Å². The molecule has 1 atom stereocenters. The van der Waals surface area contributed by atoms with Crippen molar-refractivity contribution in [3.05, 3.63) is 96.2 Å². The zero-order valence-electron chi connectivity index (χ0n) is 18.8. The van der Waals surface area contributed by atoms with E-state index in [4.69, 9.17) is 15.2 Å². The molecule has 1 unspecified atom stereocenters. The van der Waals surface area contributed by atoms with Crippen molar-refractivity contribution < 1.29 is 14.3 Å². The van der Waals surface area contributed by atoms with E-state index in [-0.39, 0.29) is 11.2 Å². The lowest BCUT2D eigenvalue weighted by Crippen LogP contribution is -2.13. The van der Waals surface area contributed by atoms with Crippen LogP contribution < -0.4 is 20.5 Å². The number of hydrogen-bond donors (Lipinski definition) is 2. The van der Waals surface area contributed by atoms with Gasteiger partial charge in [-0.25, -0.2) is 4.98 Å². The van der Waals surface area contributed by atoms with Gasteiger partial charge in [-0.05, 0) is 61.0 Å².